The molecule has 0 aromatic heterocycles. The van der Waals surface area contributed by atoms with Gasteiger partial charge in [0.05, 0.1) is 5.71 Å². The van der Waals surface area contributed by atoms with Crippen LogP contribution in [0, 0.1) is 5.41 Å². The maximum atomic E-state index is 10.9. The van der Waals surface area contributed by atoms with Gasteiger partial charge in [0, 0.05) is 30.9 Å². The van der Waals surface area contributed by atoms with Crippen molar-refractivity contribution in [3.05, 3.63) is 77.4 Å². The molecule has 5 heteroatoms. The Bertz CT molecular complexity index is 994. The minimum atomic E-state index is -1.01. The molecular weight excluding hydrogens is 338 g/mol. The minimum absolute atomic E-state index is 0.271. The Morgan fingerprint density at radius 3 is 2.22 bits per heavy atom. The van der Waals surface area contributed by atoms with E-state index in [4.69, 9.17) is 16.2 Å². The lowest BCUT2D eigenvalue weighted by Gasteiger charge is -2.13. The first kappa shape index (κ1) is 18.6. The summed E-state index contributed by atoms with van der Waals surface area (Å²) in [4.78, 5) is 12.9. The molecule has 27 heavy (non-hydrogen) atoms. The number of carboxylic acid groups (broad SMARTS) is 1. The van der Waals surface area contributed by atoms with Crippen molar-refractivity contribution in [2.24, 2.45) is 5.73 Å². The van der Waals surface area contributed by atoms with Gasteiger partial charge >= 0.3 is 5.97 Å². The van der Waals surface area contributed by atoms with Crippen LogP contribution in [0.4, 0.5) is 5.69 Å². The Morgan fingerprint density at radius 2 is 1.59 bits per heavy atom. The minimum Gasteiger partial charge on any atom is -0.480 e. The van der Waals surface area contributed by atoms with Crippen LogP contribution in [-0.2, 0) is 11.2 Å². The molecule has 0 heterocycles. The van der Waals surface area contributed by atoms with Gasteiger partial charge in [0.1, 0.15) is 6.04 Å². The van der Waals surface area contributed by atoms with Crippen LogP contribution in [0.1, 0.15) is 16.7 Å². The fourth-order valence-electron chi connectivity index (χ4n) is 2.98. The second-order valence-electron chi connectivity index (χ2n) is 6.86. The van der Waals surface area contributed by atoms with Gasteiger partial charge in [0.25, 0.3) is 0 Å². The maximum Gasteiger partial charge on any atom is 0.320 e. The van der Waals surface area contributed by atoms with Crippen LogP contribution in [0.25, 0.3) is 10.8 Å². The third-order valence-electron chi connectivity index (χ3n) is 4.64. The van der Waals surface area contributed by atoms with Crippen molar-refractivity contribution in [3.8, 4) is 0 Å². The molecule has 0 saturated heterocycles. The van der Waals surface area contributed by atoms with E-state index in [1.54, 1.807) is 0 Å². The number of carboxylic acids is 1. The van der Waals surface area contributed by atoms with Gasteiger partial charge in [0.15, 0.2) is 0 Å². The average molecular weight is 361 g/mol. The summed E-state index contributed by atoms with van der Waals surface area (Å²) in [5, 5.41) is 19.6. The zero-order valence-electron chi connectivity index (χ0n) is 15.4. The highest BCUT2D eigenvalue weighted by atomic mass is 16.4. The summed E-state index contributed by atoms with van der Waals surface area (Å²) in [6.07, 6.45) is 0.271. The standard InChI is InChI=1S/C22H23N3O2/c1-25(2)19-10-9-16-12-18(8-7-17(16)13-19)21(24)15-5-3-14(4-6-15)11-20(23)22(26)27/h3-10,12-13,20,24H,11,23H2,1-2H3,(H,26,27)/t20-/m1/s1. The Kier molecular flexibility index (Phi) is 5.23. The second kappa shape index (κ2) is 7.60. The number of nitrogens with two attached hydrogens (primary N) is 1. The topological polar surface area (TPSA) is 90.4 Å². The van der Waals surface area contributed by atoms with Gasteiger partial charge in [-0.2, -0.15) is 0 Å². The van der Waals surface area contributed by atoms with Crippen molar-refractivity contribution in [3.63, 3.8) is 0 Å². The van der Waals surface area contributed by atoms with E-state index in [1.807, 2.05) is 56.6 Å². The molecule has 0 radical (unpaired) electrons. The summed E-state index contributed by atoms with van der Waals surface area (Å²) in [7, 11) is 4.02. The fourth-order valence-corrected chi connectivity index (χ4v) is 2.98. The Balaban J connectivity index is 1.82. The van der Waals surface area contributed by atoms with Crippen LogP contribution in [0.2, 0.25) is 0 Å². The number of carbonyl (C=O) groups is 1. The lowest BCUT2D eigenvalue weighted by molar-refractivity contribution is -0.138. The van der Waals surface area contributed by atoms with Gasteiger partial charge in [-0.05, 0) is 41.0 Å². The van der Waals surface area contributed by atoms with Gasteiger partial charge in [-0.1, -0.05) is 42.5 Å². The Labute approximate surface area is 158 Å². The molecule has 3 aromatic carbocycles. The number of anilines is 1. The first-order chi connectivity index (χ1) is 12.8. The molecule has 3 rings (SSSR count). The predicted octanol–water partition coefficient (Wildman–Crippen LogP) is 3.28. The number of benzene rings is 3. The molecular formula is C22H23N3O2. The van der Waals surface area contributed by atoms with Gasteiger partial charge < -0.3 is 15.7 Å². The summed E-state index contributed by atoms with van der Waals surface area (Å²) in [5.41, 5.74) is 9.62. The van der Waals surface area contributed by atoms with Crippen LogP contribution in [0.15, 0.2) is 60.7 Å². The number of hydrogen-bond acceptors (Lipinski definition) is 4. The van der Waals surface area contributed by atoms with Crippen molar-refractivity contribution in [2.75, 3.05) is 19.0 Å². The zero-order valence-corrected chi connectivity index (χ0v) is 15.4. The molecule has 0 unspecified atom stereocenters. The normalized spacial score (nSPS) is 12.0. The van der Waals surface area contributed by atoms with E-state index in [9.17, 15) is 4.79 Å². The average Bonchev–Trinajstić information content (AvgIpc) is 2.67. The molecule has 0 aliphatic carbocycles. The molecule has 0 spiro atoms. The van der Waals surface area contributed by atoms with E-state index in [0.29, 0.717) is 5.71 Å². The van der Waals surface area contributed by atoms with E-state index in [0.717, 1.165) is 33.2 Å². The Morgan fingerprint density at radius 1 is 1.00 bits per heavy atom. The third kappa shape index (κ3) is 4.15. The molecule has 3 aromatic rings. The van der Waals surface area contributed by atoms with Crippen molar-refractivity contribution < 1.29 is 9.90 Å². The molecule has 0 fully saturated rings. The molecule has 0 bridgehead atoms. The van der Waals surface area contributed by atoms with Crippen LogP contribution in [0.3, 0.4) is 0 Å². The molecule has 0 aliphatic rings. The Hall–Kier alpha value is -3.18. The zero-order chi connectivity index (χ0) is 19.6. The monoisotopic (exact) mass is 361 g/mol. The van der Waals surface area contributed by atoms with Gasteiger partial charge in [-0.3, -0.25) is 10.2 Å². The lowest BCUT2D eigenvalue weighted by atomic mass is 9.97. The van der Waals surface area contributed by atoms with Gasteiger partial charge in [-0.25, -0.2) is 0 Å². The number of aliphatic carboxylic acids is 1. The number of nitrogens with one attached hydrogen (secondary N) is 1. The molecule has 0 saturated carbocycles. The molecule has 1 atom stereocenters. The van der Waals surface area contributed by atoms with Crippen LogP contribution in [0.5, 0.6) is 0 Å². The summed E-state index contributed by atoms with van der Waals surface area (Å²) in [6, 6.07) is 18.7. The third-order valence-corrected chi connectivity index (χ3v) is 4.64. The number of fused-ring (bicyclic) bond motifs is 1. The highest BCUT2D eigenvalue weighted by Crippen LogP contribution is 2.23. The molecule has 5 nitrogen and oxygen atoms in total. The maximum absolute atomic E-state index is 10.9. The highest BCUT2D eigenvalue weighted by molar-refractivity contribution is 6.12. The van der Waals surface area contributed by atoms with E-state index < -0.39 is 12.0 Å². The van der Waals surface area contributed by atoms with Crippen LogP contribution < -0.4 is 10.6 Å². The van der Waals surface area contributed by atoms with E-state index in [-0.39, 0.29) is 6.42 Å². The van der Waals surface area contributed by atoms with Crippen LogP contribution in [-0.4, -0.2) is 36.9 Å². The summed E-state index contributed by atoms with van der Waals surface area (Å²) < 4.78 is 0. The fraction of sp³-hybridized carbons (Fsp3) is 0.182. The molecule has 4 N–H and O–H groups in total. The first-order valence-electron chi connectivity index (χ1n) is 8.73. The first-order valence-corrected chi connectivity index (χ1v) is 8.73. The number of rotatable bonds is 6. The second-order valence-corrected chi connectivity index (χ2v) is 6.86. The molecule has 0 amide bonds. The molecule has 138 valence electrons. The number of nitrogens with zero attached hydrogens (tertiary/aromatic N) is 1. The number of hydrogen-bond donors (Lipinski definition) is 3. The molecule has 0 aliphatic heterocycles. The quantitative estimate of drug-likeness (QED) is 0.588. The van der Waals surface area contributed by atoms with Crippen molar-refractivity contribution in [1.82, 2.24) is 0 Å². The van der Waals surface area contributed by atoms with E-state index in [2.05, 4.69) is 23.1 Å². The summed E-state index contributed by atoms with van der Waals surface area (Å²) in [6.45, 7) is 0. The summed E-state index contributed by atoms with van der Waals surface area (Å²) >= 11 is 0. The summed E-state index contributed by atoms with van der Waals surface area (Å²) in [5.74, 6) is -1.01. The van der Waals surface area contributed by atoms with Gasteiger partial charge in [-0.15, -0.1) is 0 Å². The van der Waals surface area contributed by atoms with Crippen LogP contribution >= 0.6 is 0 Å². The van der Waals surface area contributed by atoms with E-state index >= 15 is 0 Å². The van der Waals surface area contributed by atoms with Crippen molar-refractivity contribution in [1.29, 1.82) is 5.41 Å². The lowest BCUT2D eigenvalue weighted by Crippen LogP contribution is -2.32. The van der Waals surface area contributed by atoms with E-state index in [1.165, 1.54) is 0 Å². The predicted molar refractivity (Wildman–Crippen MR) is 110 cm³/mol. The van der Waals surface area contributed by atoms with Crippen molar-refractivity contribution in [2.45, 2.75) is 12.5 Å². The highest BCUT2D eigenvalue weighted by Gasteiger charge is 2.12. The largest absolute Gasteiger partial charge is 0.480 e. The van der Waals surface area contributed by atoms with Gasteiger partial charge in [0.2, 0.25) is 0 Å². The smallest absolute Gasteiger partial charge is 0.320 e. The van der Waals surface area contributed by atoms with Crippen molar-refractivity contribution >= 4 is 28.1 Å². The SMILES string of the molecule is CN(C)c1ccc2cc(C(=N)c3ccc(C[C@@H](N)C(=O)O)cc3)ccc2c1.